The Kier molecular flexibility index (Phi) is 11.9. The number of carbonyl (C=O) groups is 4. The first-order chi connectivity index (χ1) is 31.3. The minimum atomic E-state index is -1.65. The molecule has 9 rings (SSSR count). The second-order valence-electron chi connectivity index (χ2n) is 18.6. The molecule has 65 heavy (non-hydrogen) atoms. The van der Waals surface area contributed by atoms with Crippen LogP contribution in [0.3, 0.4) is 0 Å². The molecule has 4 aromatic carbocycles. The third kappa shape index (κ3) is 8.69. The highest BCUT2D eigenvalue weighted by atomic mass is 16.5. The number of aromatic amines is 1. The van der Waals surface area contributed by atoms with E-state index in [0.717, 1.165) is 89.5 Å². The van der Waals surface area contributed by atoms with Crippen LogP contribution in [0.1, 0.15) is 101 Å². The lowest BCUT2D eigenvalue weighted by Crippen LogP contribution is -2.53. The van der Waals surface area contributed by atoms with Crippen LogP contribution in [0.5, 0.6) is 0 Å². The summed E-state index contributed by atoms with van der Waals surface area (Å²) in [5.41, 5.74) is 9.10. The number of ether oxygens (including phenoxy) is 1. The molecule has 0 radical (unpaired) electrons. The van der Waals surface area contributed by atoms with E-state index in [1.165, 1.54) is 37.7 Å². The quantitative estimate of drug-likeness (QED) is 0.104. The fourth-order valence-corrected chi connectivity index (χ4v) is 9.96. The maximum absolute atomic E-state index is 14.2. The SMILES string of the molecule is COC(=O)N[C@H](C(=O)N1CCC[C@H]1C1=NC2=C(C1)c1ccc(-c3ccc4cc(-c5cnc([C@@H]6CCCN6C(=O)[C@H](NC(=O)C(C)(C)O)c6ccccc6)[nH]5)ccc4c3)cc1CC2)C(C)C. The number of amides is 4. The summed E-state index contributed by atoms with van der Waals surface area (Å²) in [5.74, 6) is -0.339. The topological polar surface area (TPSA) is 169 Å². The number of likely N-dealkylation sites (tertiary alicyclic amines) is 2. The monoisotopic (exact) mass is 875 g/mol. The first-order valence-electron chi connectivity index (χ1n) is 22.8. The number of hydrogen-bond acceptors (Lipinski definition) is 8. The number of aliphatic imine (C=N–C) groups is 1. The third-order valence-electron chi connectivity index (χ3n) is 13.5. The largest absolute Gasteiger partial charge is 0.453 e. The molecule has 3 aliphatic heterocycles. The number of fused-ring (bicyclic) bond motifs is 3. The molecular weight excluding hydrogens is 819 g/mol. The van der Waals surface area contributed by atoms with Gasteiger partial charge >= 0.3 is 6.09 Å². The van der Waals surface area contributed by atoms with Gasteiger partial charge in [-0.15, -0.1) is 0 Å². The average molecular weight is 876 g/mol. The van der Waals surface area contributed by atoms with Crippen LogP contribution in [0.25, 0.3) is 38.7 Å². The van der Waals surface area contributed by atoms with Crippen molar-refractivity contribution in [2.75, 3.05) is 20.2 Å². The van der Waals surface area contributed by atoms with Crippen molar-refractivity contribution in [3.8, 4) is 22.4 Å². The number of rotatable bonds is 11. The number of hydrogen-bond donors (Lipinski definition) is 4. The average Bonchev–Trinajstić information content (AvgIpc) is 4.15. The number of H-pyrrole nitrogens is 1. The first-order valence-corrected chi connectivity index (χ1v) is 22.8. The lowest BCUT2D eigenvalue weighted by Gasteiger charge is -2.31. The molecule has 0 bridgehead atoms. The number of nitrogens with zero attached hydrogens (tertiary/aromatic N) is 4. The van der Waals surface area contributed by atoms with Gasteiger partial charge in [0, 0.05) is 36.5 Å². The van der Waals surface area contributed by atoms with Crippen molar-refractivity contribution in [1.82, 2.24) is 30.4 Å². The fraction of sp³-hybridized carbons (Fsp3) is 0.385. The Labute approximate surface area is 379 Å². The molecule has 4 aliphatic rings. The van der Waals surface area contributed by atoms with Crippen molar-refractivity contribution in [1.29, 1.82) is 0 Å². The zero-order valence-corrected chi connectivity index (χ0v) is 37.7. The predicted octanol–water partition coefficient (Wildman–Crippen LogP) is 8.06. The number of nitrogens with one attached hydrogen (secondary N) is 3. The van der Waals surface area contributed by atoms with Crippen LogP contribution in [-0.2, 0) is 25.5 Å². The summed E-state index contributed by atoms with van der Waals surface area (Å²) in [6.07, 6.45) is 6.98. The summed E-state index contributed by atoms with van der Waals surface area (Å²) in [5, 5.41) is 18.1. The second kappa shape index (κ2) is 17.8. The normalized spacial score (nSPS) is 19.2. The predicted molar refractivity (Wildman–Crippen MR) is 250 cm³/mol. The van der Waals surface area contributed by atoms with Gasteiger partial charge in [0.25, 0.3) is 5.91 Å². The Hall–Kier alpha value is -6.60. The number of alkyl carbamates (subject to hydrolysis) is 1. The number of allylic oxidation sites excluding steroid dienone is 2. The van der Waals surface area contributed by atoms with Crippen molar-refractivity contribution in [2.45, 2.75) is 102 Å². The van der Waals surface area contributed by atoms with Crippen LogP contribution < -0.4 is 10.6 Å². The molecule has 13 heteroatoms. The summed E-state index contributed by atoms with van der Waals surface area (Å²) in [6.45, 7) is 7.85. The van der Waals surface area contributed by atoms with Crippen molar-refractivity contribution in [2.24, 2.45) is 10.9 Å². The summed E-state index contributed by atoms with van der Waals surface area (Å²) >= 11 is 0. The number of aryl methyl sites for hydroxylation is 1. The third-order valence-corrected chi connectivity index (χ3v) is 13.5. The highest BCUT2D eigenvalue weighted by molar-refractivity contribution is 6.05. The van der Waals surface area contributed by atoms with Crippen molar-refractivity contribution in [3.63, 3.8) is 0 Å². The maximum atomic E-state index is 14.2. The first kappa shape index (κ1) is 43.6. The van der Waals surface area contributed by atoms with E-state index in [1.54, 1.807) is 4.90 Å². The number of aromatic nitrogens is 2. The smallest absolute Gasteiger partial charge is 0.407 e. The van der Waals surface area contributed by atoms with Gasteiger partial charge in [0.05, 0.1) is 31.1 Å². The molecule has 4 amide bonds. The van der Waals surface area contributed by atoms with E-state index in [9.17, 15) is 24.3 Å². The van der Waals surface area contributed by atoms with E-state index in [1.807, 2.05) is 55.3 Å². The molecule has 2 saturated heterocycles. The minimum absolute atomic E-state index is 0.0825. The van der Waals surface area contributed by atoms with Crippen molar-refractivity contribution >= 4 is 45.9 Å². The molecule has 5 aromatic rings. The molecule has 4 N–H and O–H groups in total. The summed E-state index contributed by atoms with van der Waals surface area (Å²) in [7, 11) is 1.31. The van der Waals surface area contributed by atoms with Gasteiger partial charge in [-0.1, -0.05) is 86.6 Å². The Morgan fingerprint density at radius 1 is 0.815 bits per heavy atom. The van der Waals surface area contributed by atoms with Crippen LogP contribution in [-0.4, -0.2) is 92.3 Å². The fourth-order valence-electron chi connectivity index (χ4n) is 9.96. The number of benzene rings is 4. The standard InChI is InChI=1S/C52H57N7O6/c1-30(2)45(57-51(63)65-5)48(60)58-23-9-13-43(58)41-28-39-38-21-19-35(26-36(38)20-22-40(39)54-41)32-15-16-34-27-37(18-17-33(34)25-32)42-29-53-47(55-42)44-14-10-24-59(44)49(61)46(31-11-7-6-8-12-31)56-50(62)52(3,4)64/h6-8,11-12,15-19,21,25-27,29-30,43-46,64H,9-10,13-14,20,22-24,28H2,1-5H3,(H,53,55)(H,56,62)(H,57,63)/t43-,44-,45-,46+/m0/s1. The second-order valence-corrected chi connectivity index (χ2v) is 18.6. The minimum Gasteiger partial charge on any atom is -0.453 e. The highest BCUT2D eigenvalue weighted by Gasteiger charge is 2.41. The van der Waals surface area contributed by atoms with Gasteiger partial charge in [-0.3, -0.25) is 19.4 Å². The summed E-state index contributed by atoms with van der Waals surface area (Å²) in [4.78, 5) is 70.1. The summed E-state index contributed by atoms with van der Waals surface area (Å²) in [6, 6.07) is 26.8. The van der Waals surface area contributed by atoms with Gasteiger partial charge in [0.1, 0.15) is 23.5 Å². The van der Waals surface area contributed by atoms with Crippen LogP contribution in [0, 0.1) is 5.92 Å². The molecule has 336 valence electrons. The molecule has 4 heterocycles. The van der Waals surface area contributed by atoms with Crippen molar-refractivity contribution < 1.29 is 29.0 Å². The van der Waals surface area contributed by atoms with Gasteiger partial charge < -0.3 is 35.3 Å². The molecule has 2 fully saturated rings. The molecule has 0 saturated carbocycles. The highest BCUT2D eigenvalue weighted by Crippen LogP contribution is 2.42. The van der Waals surface area contributed by atoms with Gasteiger partial charge in [-0.25, -0.2) is 9.78 Å². The van der Waals surface area contributed by atoms with Gasteiger partial charge in [0.15, 0.2) is 0 Å². The zero-order valence-electron chi connectivity index (χ0n) is 37.7. The number of imidazole rings is 1. The zero-order chi connectivity index (χ0) is 45.6. The molecule has 4 atom stereocenters. The Morgan fingerprint density at radius 2 is 1.48 bits per heavy atom. The molecule has 13 nitrogen and oxygen atoms in total. The van der Waals surface area contributed by atoms with Crippen LogP contribution in [0.4, 0.5) is 4.79 Å². The number of methoxy groups -OCH3 is 1. The van der Waals surface area contributed by atoms with Gasteiger partial charge in [-0.05, 0) is 115 Å². The van der Waals surface area contributed by atoms with Crippen LogP contribution in [0.15, 0.2) is 102 Å². The lowest BCUT2D eigenvalue weighted by atomic mass is 9.85. The maximum Gasteiger partial charge on any atom is 0.407 e. The van der Waals surface area contributed by atoms with Crippen LogP contribution >= 0.6 is 0 Å². The molecule has 0 unspecified atom stereocenters. The molecule has 0 spiro atoms. The summed E-state index contributed by atoms with van der Waals surface area (Å²) < 4.78 is 4.82. The van der Waals surface area contributed by atoms with Crippen molar-refractivity contribution in [3.05, 3.63) is 119 Å². The van der Waals surface area contributed by atoms with Gasteiger partial charge in [-0.2, -0.15) is 0 Å². The van der Waals surface area contributed by atoms with Crippen LogP contribution in [0.2, 0.25) is 0 Å². The molecule has 1 aliphatic carbocycles. The number of carbonyl (C=O) groups excluding carboxylic acids is 4. The van der Waals surface area contributed by atoms with E-state index >= 15 is 0 Å². The Bertz CT molecular complexity index is 2730. The molecule has 1 aromatic heterocycles. The van der Waals surface area contributed by atoms with E-state index < -0.39 is 29.7 Å². The van der Waals surface area contributed by atoms with E-state index in [2.05, 4.69) is 70.2 Å². The number of aliphatic hydroxyl groups is 1. The van der Waals surface area contributed by atoms with E-state index in [0.29, 0.717) is 24.5 Å². The lowest BCUT2D eigenvalue weighted by molar-refractivity contribution is -0.143. The molecular formula is C52H57N7O6. The van der Waals surface area contributed by atoms with E-state index in [-0.39, 0.29) is 29.8 Å². The van der Waals surface area contributed by atoms with E-state index in [4.69, 9.17) is 14.7 Å². The van der Waals surface area contributed by atoms with Gasteiger partial charge in [0.2, 0.25) is 11.8 Å². The Balaban J connectivity index is 0.883. The Morgan fingerprint density at radius 3 is 2.18 bits per heavy atom.